The molecular formula is C18H29NO2. The fourth-order valence-corrected chi connectivity index (χ4v) is 3.46. The fraction of sp³-hybridized carbons (Fsp3) is 0.667. The van der Waals surface area contributed by atoms with E-state index in [0.717, 1.165) is 31.7 Å². The Morgan fingerprint density at radius 2 is 1.95 bits per heavy atom. The summed E-state index contributed by atoms with van der Waals surface area (Å²) in [5, 5.41) is 10.5. The van der Waals surface area contributed by atoms with Crippen molar-refractivity contribution in [3.63, 3.8) is 0 Å². The van der Waals surface area contributed by atoms with Crippen molar-refractivity contribution in [3.8, 4) is 5.75 Å². The van der Waals surface area contributed by atoms with Gasteiger partial charge in [0.25, 0.3) is 0 Å². The Kier molecular flexibility index (Phi) is 5.28. The summed E-state index contributed by atoms with van der Waals surface area (Å²) in [6, 6.07) is 8.22. The van der Waals surface area contributed by atoms with Crippen LogP contribution in [0.2, 0.25) is 0 Å². The Balaban J connectivity index is 1.90. The van der Waals surface area contributed by atoms with Crippen LogP contribution in [0.1, 0.15) is 38.7 Å². The van der Waals surface area contributed by atoms with Crippen LogP contribution in [0.4, 0.5) is 0 Å². The largest absolute Gasteiger partial charge is 0.497 e. The molecule has 0 amide bonds. The molecule has 0 saturated heterocycles. The van der Waals surface area contributed by atoms with Crippen LogP contribution in [0.3, 0.4) is 0 Å². The quantitative estimate of drug-likeness (QED) is 0.903. The second-order valence-electron chi connectivity index (χ2n) is 7.13. The second-order valence-corrected chi connectivity index (χ2v) is 7.13. The first-order valence-electron chi connectivity index (χ1n) is 7.92. The van der Waals surface area contributed by atoms with Gasteiger partial charge in [0.1, 0.15) is 5.75 Å². The maximum absolute atomic E-state index is 10.5. The number of aliphatic hydroxyl groups is 1. The van der Waals surface area contributed by atoms with Crippen LogP contribution in [0, 0.1) is 11.3 Å². The Hall–Kier alpha value is -1.06. The van der Waals surface area contributed by atoms with Gasteiger partial charge in [0.2, 0.25) is 0 Å². The topological polar surface area (TPSA) is 32.7 Å². The number of nitrogens with zero attached hydrogens (tertiary/aromatic N) is 1. The summed E-state index contributed by atoms with van der Waals surface area (Å²) in [6.45, 7) is 6.24. The van der Waals surface area contributed by atoms with Gasteiger partial charge in [-0.2, -0.15) is 0 Å². The summed E-state index contributed by atoms with van der Waals surface area (Å²) in [4.78, 5) is 2.32. The zero-order valence-corrected chi connectivity index (χ0v) is 13.8. The van der Waals surface area contributed by atoms with Gasteiger partial charge in [-0.1, -0.05) is 32.4 Å². The summed E-state index contributed by atoms with van der Waals surface area (Å²) >= 11 is 0. The van der Waals surface area contributed by atoms with Crippen molar-refractivity contribution in [3.05, 3.63) is 29.8 Å². The van der Waals surface area contributed by atoms with E-state index in [0.29, 0.717) is 5.92 Å². The molecule has 0 aromatic heterocycles. The van der Waals surface area contributed by atoms with Gasteiger partial charge in [0.15, 0.2) is 0 Å². The first kappa shape index (κ1) is 16.3. The van der Waals surface area contributed by atoms with Gasteiger partial charge in [0, 0.05) is 13.1 Å². The Labute approximate surface area is 128 Å². The molecule has 1 aliphatic rings. The first-order valence-corrected chi connectivity index (χ1v) is 7.92. The summed E-state index contributed by atoms with van der Waals surface area (Å²) in [6.07, 6.45) is 3.31. The van der Waals surface area contributed by atoms with Crippen LogP contribution in [-0.4, -0.2) is 36.8 Å². The predicted molar refractivity (Wildman–Crippen MR) is 86.5 cm³/mol. The maximum atomic E-state index is 10.5. The molecule has 21 heavy (non-hydrogen) atoms. The second kappa shape index (κ2) is 6.80. The molecule has 1 aliphatic carbocycles. The van der Waals surface area contributed by atoms with Gasteiger partial charge in [0.05, 0.1) is 13.2 Å². The normalized spacial score (nSPS) is 25.0. The van der Waals surface area contributed by atoms with Crippen molar-refractivity contribution in [2.45, 2.75) is 45.8 Å². The lowest BCUT2D eigenvalue weighted by Gasteiger charge is -2.42. The van der Waals surface area contributed by atoms with Crippen molar-refractivity contribution in [1.29, 1.82) is 0 Å². The van der Waals surface area contributed by atoms with Crippen LogP contribution >= 0.6 is 0 Å². The van der Waals surface area contributed by atoms with E-state index in [9.17, 15) is 5.11 Å². The minimum atomic E-state index is -0.190. The third-order valence-corrected chi connectivity index (χ3v) is 4.80. The molecule has 1 N–H and O–H groups in total. The van der Waals surface area contributed by atoms with Crippen molar-refractivity contribution in [1.82, 2.24) is 4.90 Å². The number of methoxy groups -OCH3 is 1. The molecule has 1 fully saturated rings. The van der Waals surface area contributed by atoms with E-state index in [1.165, 1.54) is 12.0 Å². The summed E-state index contributed by atoms with van der Waals surface area (Å²) in [7, 11) is 3.83. The predicted octanol–water partition coefficient (Wildman–Crippen LogP) is 3.31. The lowest BCUT2D eigenvalue weighted by Crippen LogP contribution is -2.44. The molecule has 1 aromatic carbocycles. The highest BCUT2D eigenvalue weighted by Gasteiger charge is 2.37. The van der Waals surface area contributed by atoms with Crippen molar-refractivity contribution >= 4 is 0 Å². The SMILES string of the molecule is COc1ccc(CN(C)CC2CCCC(C)(C)C2O)cc1. The van der Waals surface area contributed by atoms with E-state index < -0.39 is 0 Å². The molecule has 0 aliphatic heterocycles. The highest BCUT2D eigenvalue weighted by Crippen LogP contribution is 2.39. The number of hydrogen-bond acceptors (Lipinski definition) is 3. The van der Waals surface area contributed by atoms with Crippen LogP contribution in [0.5, 0.6) is 5.75 Å². The van der Waals surface area contributed by atoms with Crippen LogP contribution in [0.15, 0.2) is 24.3 Å². The zero-order valence-electron chi connectivity index (χ0n) is 13.8. The molecule has 118 valence electrons. The Morgan fingerprint density at radius 3 is 2.57 bits per heavy atom. The number of benzene rings is 1. The first-order chi connectivity index (χ1) is 9.92. The highest BCUT2D eigenvalue weighted by molar-refractivity contribution is 5.27. The molecule has 0 spiro atoms. The molecule has 0 radical (unpaired) electrons. The molecule has 1 saturated carbocycles. The van der Waals surface area contributed by atoms with E-state index in [2.05, 4.69) is 37.9 Å². The standard InChI is InChI=1S/C18H29NO2/c1-18(2)11-5-6-15(17(18)20)13-19(3)12-14-7-9-16(21-4)10-8-14/h7-10,15,17,20H,5-6,11-13H2,1-4H3. The molecule has 0 bridgehead atoms. The van der Waals surface area contributed by atoms with Crippen molar-refractivity contribution in [2.75, 3.05) is 20.7 Å². The minimum Gasteiger partial charge on any atom is -0.497 e. The van der Waals surface area contributed by atoms with Crippen molar-refractivity contribution in [2.24, 2.45) is 11.3 Å². The lowest BCUT2D eigenvalue weighted by molar-refractivity contribution is -0.0414. The third kappa shape index (κ3) is 4.21. The molecule has 3 nitrogen and oxygen atoms in total. The van der Waals surface area contributed by atoms with E-state index in [-0.39, 0.29) is 11.5 Å². The lowest BCUT2D eigenvalue weighted by atomic mass is 9.69. The molecule has 2 atom stereocenters. The van der Waals surface area contributed by atoms with Gasteiger partial charge < -0.3 is 14.7 Å². The van der Waals surface area contributed by atoms with E-state index >= 15 is 0 Å². The minimum absolute atomic E-state index is 0.0594. The molecule has 1 aromatic rings. The summed E-state index contributed by atoms with van der Waals surface area (Å²) in [5.41, 5.74) is 1.34. The van der Waals surface area contributed by atoms with Gasteiger partial charge in [-0.05, 0) is 48.9 Å². The van der Waals surface area contributed by atoms with E-state index in [1.807, 2.05) is 12.1 Å². The summed E-state index contributed by atoms with van der Waals surface area (Å²) in [5.74, 6) is 1.28. The molecule has 3 heteroatoms. The number of aliphatic hydroxyl groups excluding tert-OH is 1. The number of hydrogen-bond donors (Lipinski definition) is 1. The maximum Gasteiger partial charge on any atom is 0.118 e. The molecule has 2 rings (SSSR count). The monoisotopic (exact) mass is 291 g/mol. The van der Waals surface area contributed by atoms with Crippen LogP contribution in [0.25, 0.3) is 0 Å². The average Bonchev–Trinajstić information content (AvgIpc) is 2.45. The Bertz CT molecular complexity index is 441. The molecule has 2 unspecified atom stereocenters. The zero-order chi connectivity index (χ0) is 15.5. The van der Waals surface area contributed by atoms with Gasteiger partial charge >= 0.3 is 0 Å². The highest BCUT2D eigenvalue weighted by atomic mass is 16.5. The van der Waals surface area contributed by atoms with Gasteiger partial charge in [-0.3, -0.25) is 0 Å². The van der Waals surface area contributed by atoms with Crippen LogP contribution < -0.4 is 4.74 Å². The fourth-order valence-electron chi connectivity index (χ4n) is 3.46. The van der Waals surface area contributed by atoms with E-state index in [4.69, 9.17) is 4.74 Å². The van der Waals surface area contributed by atoms with Gasteiger partial charge in [-0.15, -0.1) is 0 Å². The molecular weight excluding hydrogens is 262 g/mol. The number of rotatable bonds is 5. The average molecular weight is 291 g/mol. The van der Waals surface area contributed by atoms with Crippen molar-refractivity contribution < 1.29 is 9.84 Å². The summed E-state index contributed by atoms with van der Waals surface area (Å²) < 4.78 is 5.19. The smallest absolute Gasteiger partial charge is 0.118 e. The van der Waals surface area contributed by atoms with E-state index in [1.54, 1.807) is 7.11 Å². The number of ether oxygens (including phenoxy) is 1. The molecule has 0 heterocycles. The van der Waals surface area contributed by atoms with Crippen LogP contribution in [-0.2, 0) is 6.54 Å². The third-order valence-electron chi connectivity index (χ3n) is 4.80. The van der Waals surface area contributed by atoms with Gasteiger partial charge in [-0.25, -0.2) is 0 Å². The Morgan fingerprint density at radius 1 is 1.29 bits per heavy atom.